The Bertz CT molecular complexity index is 985. The van der Waals surface area contributed by atoms with Crippen LogP contribution in [0.25, 0.3) is 11.4 Å². The minimum Gasteiger partial charge on any atom is -0.491 e. The van der Waals surface area contributed by atoms with E-state index in [1.54, 1.807) is 7.05 Å². The fourth-order valence-electron chi connectivity index (χ4n) is 4.75. The number of anilines is 2. The highest BCUT2D eigenvalue weighted by atomic mass is 35.5. The van der Waals surface area contributed by atoms with Gasteiger partial charge in [0.15, 0.2) is 5.82 Å². The molecule has 2 aliphatic rings. The lowest BCUT2D eigenvalue weighted by Gasteiger charge is -2.36. The van der Waals surface area contributed by atoms with Crippen molar-refractivity contribution in [2.24, 2.45) is 5.41 Å². The van der Waals surface area contributed by atoms with Crippen LogP contribution < -0.4 is 20.3 Å². The van der Waals surface area contributed by atoms with Gasteiger partial charge in [-0.3, -0.25) is 0 Å². The fourth-order valence-corrected chi connectivity index (χ4v) is 5.11. The predicted molar refractivity (Wildman–Crippen MR) is 147 cm³/mol. The molecule has 0 saturated carbocycles. The molecule has 1 aromatic heterocycles. The third-order valence-electron chi connectivity index (χ3n) is 7.27. The predicted octanol–water partition coefficient (Wildman–Crippen LogP) is 3.17. The summed E-state index contributed by atoms with van der Waals surface area (Å²) in [7, 11) is 3.89. The van der Waals surface area contributed by atoms with Gasteiger partial charge in [-0.2, -0.15) is 0 Å². The standard InChI is InChI=1S/C27H40ClN5O4/c1-29-16-22(34)17-37-23-5-3-4-20(14-23)26-31-24(30-19-27(18-28)8-12-36-13-9-27)15-25(32-26)33(2)21-6-10-35-11-7-21/h3-5,14-15,21-22,29,34H,6-13,16-19H2,1-2H3,(H,30,31,32). The van der Waals surface area contributed by atoms with Crippen molar-refractivity contribution in [2.75, 3.05) is 76.3 Å². The highest BCUT2D eigenvalue weighted by Gasteiger charge is 2.32. The highest BCUT2D eigenvalue weighted by molar-refractivity contribution is 6.18. The van der Waals surface area contributed by atoms with Crippen molar-refractivity contribution in [1.82, 2.24) is 15.3 Å². The van der Waals surface area contributed by atoms with Crippen molar-refractivity contribution in [3.05, 3.63) is 30.3 Å². The quantitative estimate of drug-likeness (QED) is 0.355. The summed E-state index contributed by atoms with van der Waals surface area (Å²) in [5.74, 6) is 3.49. The minimum absolute atomic E-state index is 0.0143. The maximum absolute atomic E-state index is 10.0. The zero-order valence-corrected chi connectivity index (χ0v) is 22.7. The summed E-state index contributed by atoms with van der Waals surface area (Å²) in [5, 5.41) is 16.5. The fraction of sp³-hybridized carbons (Fsp3) is 0.630. The van der Waals surface area contributed by atoms with E-state index >= 15 is 0 Å². The Hall–Kier alpha value is -2.17. The summed E-state index contributed by atoms with van der Waals surface area (Å²) in [6.45, 7) is 4.38. The van der Waals surface area contributed by atoms with E-state index in [1.165, 1.54) is 0 Å². The number of rotatable bonds is 12. The minimum atomic E-state index is -0.586. The van der Waals surface area contributed by atoms with Gasteiger partial charge in [-0.05, 0) is 44.9 Å². The smallest absolute Gasteiger partial charge is 0.163 e. The van der Waals surface area contributed by atoms with Gasteiger partial charge in [0, 0.05) is 75.5 Å². The molecule has 37 heavy (non-hydrogen) atoms. The number of aliphatic hydroxyl groups excluding tert-OH is 1. The lowest BCUT2D eigenvalue weighted by atomic mass is 9.82. The van der Waals surface area contributed by atoms with E-state index in [-0.39, 0.29) is 12.0 Å². The second kappa shape index (κ2) is 13.6. The summed E-state index contributed by atoms with van der Waals surface area (Å²) in [4.78, 5) is 12.1. The van der Waals surface area contributed by atoms with E-state index in [4.69, 9.17) is 35.8 Å². The number of aliphatic hydroxyl groups is 1. The zero-order chi connectivity index (χ0) is 26.1. The summed E-state index contributed by atoms with van der Waals surface area (Å²) in [5.41, 5.74) is 0.837. The van der Waals surface area contributed by atoms with Crippen molar-refractivity contribution in [1.29, 1.82) is 0 Å². The molecule has 9 nitrogen and oxygen atoms in total. The molecular weight excluding hydrogens is 494 g/mol. The lowest BCUT2D eigenvalue weighted by Crippen LogP contribution is -2.38. The van der Waals surface area contributed by atoms with Gasteiger partial charge in [-0.25, -0.2) is 9.97 Å². The van der Waals surface area contributed by atoms with Crippen LogP contribution in [0.5, 0.6) is 5.75 Å². The first-order valence-corrected chi connectivity index (χ1v) is 13.7. The van der Waals surface area contributed by atoms with Crippen LogP contribution in [-0.4, -0.2) is 93.3 Å². The molecule has 0 aliphatic carbocycles. The summed E-state index contributed by atoms with van der Waals surface area (Å²) in [6, 6.07) is 10.1. The number of nitrogens with zero attached hydrogens (tertiary/aromatic N) is 3. The largest absolute Gasteiger partial charge is 0.491 e. The molecule has 2 fully saturated rings. The number of hydrogen-bond donors (Lipinski definition) is 3. The van der Waals surface area contributed by atoms with E-state index in [1.807, 2.05) is 30.3 Å². The van der Waals surface area contributed by atoms with Gasteiger partial charge < -0.3 is 34.9 Å². The van der Waals surface area contributed by atoms with Crippen LogP contribution in [-0.2, 0) is 9.47 Å². The normalized spacial score (nSPS) is 18.8. The number of nitrogens with one attached hydrogen (secondary N) is 2. The Balaban J connectivity index is 1.58. The molecule has 2 saturated heterocycles. The maximum Gasteiger partial charge on any atom is 0.163 e. The molecule has 10 heteroatoms. The number of ether oxygens (including phenoxy) is 3. The Labute approximate surface area is 224 Å². The number of alkyl halides is 1. The molecule has 0 bridgehead atoms. The van der Waals surface area contributed by atoms with Gasteiger partial charge in [0.2, 0.25) is 0 Å². The van der Waals surface area contributed by atoms with Gasteiger partial charge >= 0.3 is 0 Å². The average molecular weight is 534 g/mol. The highest BCUT2D eigenvalue weighted by Crippen LogP contribution is 2.33. The van der Waals surface area contributed by atoms with Crippen molar-refractivity contribution in [3.63, 3.8) is 0 Å². The Kier molecular flexibility index (Phi) is 10.2. The number of halogens is 1. The van der Waals surface area contributed by atoms with Crippen LogP contribution in [0.4, 0.5) is 11.6 Å². The van der Waals surface area contributed by atoms with Crippen molar-refractivity contribution >= 4 is 23.2 Å². The van der Waals surface area contributed by atoms with Gasteiger partial charge in [0.1, 0.15) is 30.1 Å². The van der Waals surface area contributed by atoms with Crippen LogP contribution >= 0.6 is 11.6 Å². The molecule has 3 heterocycles. The molecule has 1 unspecified atom stereocenters. The summed E-state index contributed by atoms with van der Waals surface area (Å²) in [6.07, 6.45) is 3.19. The molecule has 0 amide bonds. The molecular formula is C27H40ClN5O4. The molecule has 204 valence electrons. The van der Waals surface area contributed by atoms with Crippen LogP contribution in [0.3, 0.4) is 0 Å². The van der Waals surface area contributed by atoms with Crippen LogP contribution in [0.2, 0.25) is 0 Å². The van der Waals surface area contributed by atoms with Crippen LogP contribution in [0, 0.1) is 5.41 Å². The zero-order valence-electron chi connectivity index (χ0n) is 21.9. The first-order chi connectivity index (χ1) is 18.0. The molecule has 4 rings (SSSR count). The van der Waals surface area contributed by atoms with Crippen LogP contribution in [0.15, 0.2) is 30.3 Å². The average Bonchev–Trinajstić information content (AvgIpc) is 2.96. The van der Waals surface area contributed by atoms with Gasteiger partial charge in [-0.15, -0.1) is 11.6 Å². The van der Waals surface area contributed by atoms with Crippen molar-refractivity contribution < 1.29 is 19.3 Å². The molecule has 3 N–H and O–H groups in total. The topological polar surface area (TPSA) is 101 Å². The molecule has 0 spiro atoms. The summed E-state index contributed by atoms with van der Waals surface area (Å²) < 4.78 is 17.0. The third-order valence-corrected chi connectivity index (χ3v) is 7.84. The Morgan fingerprint density at radius 3 is 2.65 bits per heavy atom. The number of hydrogen-bond acceptors (Lipinski definition) is 9. The van der Waals surface area contributed by atoms with Gasteiger partial charge in [0.05, 0.1) is 0 Å². The molecule has 2 aliphatic heterocycles. The van der Waals surface area contributed by atoms with E-state index in [2.05, 4.69) is 22.6 Å². The van der Waals surface area contributed by atoms with E-state index in [9.17, 15) is 5.11 Å². The van der Waals surface area contributed by atoms with Crippen molar-refractivity contribution in [2.45, 2.75) is 37.8 Å². The molecule has 2 aromatic rings. The van der Waals surface area contributed by atoms with E-state index < -0.39 is 6.10 Å². The number of benzene rings is 1. The lowest BCUT2D eigenvalue weighted by molar-refractivity contribution is 0.0315. The number of likely N-dealkylation sites (N-methyl/N-ethyl adjacent to an activating group) is 1. The van der Waals surface area contributed by atoms with E-state index in [0.29, 0.717) is 30.0 Å². The second-order valence-corrected chi connectivity index (χ2v) is 10.3. The maximum atomic E-state index is 10.0. The monoisotopic (exact) mass is 533 g/mol. The summed E-state index contributed by atoms with van der Waals surface area (Å²) >= 11 is 6.42. The SMILES string of the molecule is CNCC(O)COc1cccc(-c2nc(NCC3(CCl)CCOCC3)cc(N(C)C3CCOCC3)n2)c1. The number of aromatic nitrogens is 2. The van der Waals surface area contributed by atoms with Gasteiger partial charge in [0.25, 0.3) is 0 Å². The van der Waals surface area contributed by atoms with Gasteiger partial charge in [-0.1, -0.05) is 12.1 Å². The first-order valence-electron chi connectivity index (χ1n) is 13.1. The van der Waals surface area contributed by atoms with Crippen molar-refractivity contribution in [3.8, 4) is 17.1 Å². The van der Waals surface area contributed by atoms with E-state index in [0.717, 1.165) is 75.9 Å². The van der Waals surface area contributed by atoms with Crippen LogP contribution in [0.1, 0.15) is 25.7 Å². The molecule has 1 atom stereocenters. The Morgan fingerprint density at radius 1 is 1.16 bits per heavy atom. The molecule has 1 aromatic carbocycles. The second-order valence-electron chi connectivity index (χ2n) is 10.0. The Morgan fingerprint density at radius 2 is 1.92 bits per heavy atom. The molecule has 0 radical (unpaired) electrons. The third kappa shape index (κ3) is 7.67. The first kappa shape index (κ1) is 27.9.